The normalized spacial score (nSPS) is 11.2. The van der Waals surface area contributed by atoms with Crippen molar-refractivity contribution >= 4 is 39.6 Å². The SMILES string of the molecule is CCOc1cc(/C=N/NC(=O)C(=O)Nc2ccc(C(F)(F)F)cc2)cc(Br)c1OCc1ccccc1. The van der Waals surface area contributed by atoms with Crippen molar-refractivity contribution in [2.24, 2.45) is 5.10 Å². The summed E-state index contributed by atoms with van der Waals surface area (Å²) in [6.45, 7) is 2.54. The van der Waals surface area contributed by atoms with Crippen molar-refractivity contribution in [3.05, 3.63) is 87.9 Å². The molecule has 3 rings (SSSR count). The van der Waals surface area contributed by atoms with Crippen LogP contribution in [0.3, 0.4) is 0 Å². The van der Waals surface area contributed by atoms with Gasteiger partial charge in [0.05, 0.1) is 22.9 Å². The first-order valence-corrected chi connectivity index (χ1v) is 11.4. The molecular weight excluding hydrogens is 543 g/mol. The maximum Gasteiger partial charge on any atom is 0.416 e. The van der Waals surface area contributed by atoms with Gasteiger partial charge in [-0.25, -0.2) is 5.43 Å². The van der Waals surface area contributed by atoms with E-state index >= 15 is 0 Å². The molecule has 36 heavy (non-hydrogen) atoms. The number of hydrogen-bond acceptors (Lipinski definition) is 5. The van der Waals surface area contributed by atoms with Gasteiger partial charge in [-0.2, -0.15) is 18.3 Å². The molecule has 0 spiro atoms. The van der Waals surface area contributed by atoms with Crippen LogP contribution < -0.4 is 20.2 Å². The maximum atomic E-state index is 12.6. The van der Waals surface area contributed by atoms with Crippen LogP contribution in [0.25, 0.3) is 0 Å². The van der Waals surface area contributed by atoms with E-state index in [1.54, 1.807) is 12.1 Å². The summed E-state index contributed by atoms with van der Waals surface area (Å²) in [5, 5.41) is 5.97. The van der Waals surface area contributed by atoms with Crippen LogP contribution in [-0.2, 0) is 22.4 Å². The fourth-order valence-corrected chi connectivity index (χ4v) is 3.52. The minimum absolute atomic E-state index is 0.0310. The van der Waals surface area contributed by atoms with E-state index in [1.165, 1.54) is 6.21 Å². The summed E-state index contributed by atoms with van der Waals surface area (Å²) in [5.74, 6) is -1.24. The zero-order valence-corrected chi connectivity index (χ0v) is 20.5. The average Bonchev–Trinajstić information content (AvgIpc) is 2.84. The molecule has 3 aromatic rings. The van der Waals surface area contributed by atoms with E-state index in [9.17, 15) is 22.8 Å². The van der Waals surface area contributed by atoms with Gasteiger partial charge in [0.15, 0.2) is 11.5 Å². The molecule has 0 unspecified atom stereocenters. The van der Waals surface area contributed by atoms with Crippen LogP contribution in [0, 0.1) is 0 Å². The van der Waals surface area contributed by atoms with E-state index in [4.69, 9.17) is 9.47 Å². The van der Waals surface area contributed by atoms with Crippen LogP contribution in [0.4, 0.5) is 18.9 Å². The summed E-state index contributed by atoms with van der Waals surface area (Å²) in [6, 6.07) is 16.7. The summed E-state index contributed by atoms with van der Waals surface area (Å²) in [7, 11) is 0. The highest BCUT2D eigenvalue weighted by molar-refractivity contribution is 9.10. The van der Waals surface area contributed by atoms with Gasteiger partial charge in [-0.05, 0) is 70.4 Å². The second-order valence-corrected chi connectivity index (χ2v) is 8.12. The predicted molar refractivity (Wildman–Crippen MR) is 132 cm³/mol. The van der Waals surface area contributed by atoms with E-state index in [1.807, 2.05) is 37.3 Å². The van der Waals surface area contributed by atoms with E-state index in [0.29, 0.717) is 34.7 Å². The zero-order valence-electron chi connectivity index (χ0n) is 18.9. The lowest BCUT2D eigenvalue weighted by Crippen LogP contribution is -2.32. The number of carbonyl (C=O) groups excluding carboxylic acids is 2. The summed E-state index contributed by atoms with van der Waals surface area (Å²) in [5.41, 5.74) is 2.75. The molecule has 3 aromatic carbocycles. The van der Waals surface area contributed by atoms with Gasteiger partial charge in [0.1, 0.15) is 6.61 Å². The van der Waals surface area contributed by atoms with Gasteiger partial charge in [0, 0.05) is 5.69 Å². The minimum atomic E-state index is -4.50. The molecule has 0 heterocycles. The molecule has 2 amide bonds. The predicted octanol–water partition coefficient (Wildman–Crippen LogP) is 5.53. The molecule has 0 saturated carbocycles. The Hall–Kier alpha value is -3.86. The third kappa shape index (κ3) is 7.57. The van der Waals surface area contributed by atoms with E-state index in [-0.39, 0.29) is 5.69 Å². The van der Waals surface area contributed by atoms with Crippen LogP contribution in [-0.4, -0.2) is 24.6 Å². The van der Waals surface area contributed by atoms with Crippen LogP contribution in [0.2, 0.25) is 0 Å². The number of benzene rings is 3. The smallest absolute Gasteiger partial charge is 0.416 e. The van der Waals surface area contributed by atoms with Crippen molar-refractivity contribution in [1.82, 2.24) is 5.43 Å². The Balaban J connectivity index is 1.61. The number of amides is 2. The molecule has 0 saturated heterocycles. The van der Waals surface area contributed by atoms with Crippen molar-refractivity contribution < 1.29 is 32.2 Å². The number of rotatable bonds is 8. The van der Waals surface area contributed by atoms with Gasteiger partial charge in [-0.1, -0.05) is 30.3 Å². The van der Waals surface area contributed by atoms with Gasteiger partial charge in [0.2, 0.25) is 0 Å². The fourth-order valence-electron chi connectivity index (χ4n) is 2.94. The Bertz CT molecular complexity index is 1230. The summed E-state index contributed by atoms with van der Waals surface area (Å²) < 4.78 is 50.1. The van der Waals surface area contributed by atoms with Crippen molar-refractivity contribution in [2.45, 2.75) is 19.7 Å². The third-order valence-electron chi connectivity index (χ3n) is 4.61. The Labute approximate surface area is 213 Å². The molecule has 0 atom stereocenters. The second kappa shape index (κ2) is 12.2. The van der Waals surface area contributed by atoms with Crippen molar-refractivity contribution in [2.75, 3.05) is 11.9 Å². The minimum Gasteiger partial charge on any atom is -0.490 e. The maximum absolute atomic E-state index is 12.6. The fraction of sp³-hybridized carbons (Fsp3) is 0.160. The number of anilines is 1. The number of alkyl halides is 3. The molecule has 11 heteroatoms. The van der Waals surface area contributed by atoms with Crippen LogP contribution >= 0.6 is 15.9 Å². The number of carbonyl (C=O) groups is 2. The van der Waals surface area contributed by atoms with Crippen molar-refractivity contribution in [3.8, 4) is 11.5 Å². The van der Waals surface area contributed by atoms with Crippen LogP contribution in [0.1, 0.15) is 23.6 Å². The second-order valence-electron chi connectivity index (χ2n) is 7.27. The van der Waals surface area contributed by atoms with Gasteiger partial charge < -0.3 is 14.8 Å². The molecule has 0 radical (unpaired) electrons. The van der Waals surface area contributed by atoms with Gasteiger partial charge in [-0.15, -0.1) is 0 Å². The molecule has 0 aliphatic heterocycles. The lowest BCUT2D eigenvalue weighted by atomic mass is 10.2. The average molecular weight is 564 g/mol. The largest absolute Gasteiger partial charge is 0.490 e. The van der Waals surface area contributed by atoms with Gasteiger partial charge in [0.25, 0.3) is 0 Å². The van der Waals surface area contributed by atoms with Crippen LogP contribution in [0.15, 0.2) is 76.3 Å². The molecule has 0 aliphatic carbocycles. The molecule has 2 N–H and O–H groups in total. The third-order valence-corrected chi connectivity index (χ3v) is 5.20. The zero-order chi connectivity index (χ0) is 26.1. The highest BCUT2D eigenvalue weighted by Gasteiger charge is 2.30. The molecule has 0 fully saturated rings. The van der Waals surface area contributed by atoms with Crippen molar-refractivity contribution in [1.29, 1.82) is 0 Å². The highest BCUT2D eigenvalue weighted by atomic mass is 79.9. The van der Waals surface area contributed by atoms with Crippen molar-refractivity contribution in [3.63, 3.8) is 0 Å². The number of hydrazone groups is 1. The lowest BCUT2D eigenvalue weighted by molar-refractivity contribution is -0.137. The summed E-state index contributed by atoms with van der Waals surface area (Å²) >= 11 is 3.45. The monoisotopic (exact) mass is 563 g/mol. The number of nitrogens with zero attached hydrogens (tertiary/aromatic N) is 1. The quantitative estimate of drug-likeness (QED) is 0.214. The summed E-state index contributed by atoms with van der Waals surface area (Å²) in [4.78, 5) is 24.0. The topological polar surface area (TPSA) is 89.0 Å². The first kappa shape index (κ1) is 26.7. The van der Waals surface area contributed by atoms with E-state index in [2.05, 4.69) is 31.8 Å². The first-order valence-electron chi connectivity index (χ1n) is 10.6. The number of nitrogens with one attached hydrogen (secondary N) is 2. The number of hydrogen-bond donors (Lipinski definition) is 2. The molecule has 188 valence electrons. The molecule has 0 bridgehead atoms. The Morgan fingerprint density at radius 3 is 2.33 bits per heavy atom. The molecular formula is C25H21BrF3N3O4. The standard InChI is InChI=1S/C25H21BrF3N3O4/c1-2-35-21-13-17(12-20(26)22(21)36-15-16-6-4-3-5-7-16)14-30-32-24(34)23(33)31-19-10-8-18(9-11-19)25(27,28)29/h3-14H,2,15H2,1H3,(H,31,33)(H,32,34)/b30-14+. The Morgan fingerprint density at radius 2 is 1.69 bits per heavy atom. The molecule has 0 aromatic heterocycles. The Kier molecular flexibility index (Phi) is 9.07. The number of ether oxygens (including phenoxy) is 2. The van der Waals surface area contributed by atoms with Gasteiger partial charge >= 0.3 is 18.0 Å². The molecule has 7 nitrogen and oxygen atoms in total. The van der Waals surface area contributed by atoms with Crippen LogP contribution in [0.5, 0.6) is 11.5 Å². The van der Waals surface area contributed by atoms with Gasteiger partial charge in [-0.3, -0.25) is 9.59 Å². The lowest BCUT2D eigenvalue weighted by Gasteiger charge is -2.14. The Morgan fingerprint density at radius 1 is 1.00 bits per heavy atom. The van der Waals surface area contributed by atoms with E-state index in [0.717, 1.165) is 29.8 Å². The molecule has 0 aliphatic rings. The number of halogens is 4. The summed E-state index contributed by atoms with van der Waals surface area (Å²) in [6.07, 6.45) is -3.20. The highest BCUT2D eigenvalue weighted by Crippen LogP contribution is 2.37. The first-order chi connectivity index (χ1) is 17.2. The van der Waals surface area contributed by atoms with E-state index < -0.39 is 23.6 Å².